The quantitative estimate of drug-likeness (QED) is 0.623. The molecule has 0 unspecified atom stereocenters. The van der Waals surface area contributed by atoms with Crippen LogP contribution in [0.5, 0.6) is 5.75 Å². The van der Waals surface area contributed by atoms with E-state index in [1.54, 1.807) is 13.0 Å². The number of pyridine rings is 1. The Morgan fingerprint density at radius 1 is 1.29 bits per heavy atom. The van der Waals surface area contributed by atoms with Gasteiger partial charge in [0, 0.05) is 11.5 Å². The summed E-state index contributed by atoms with van der Waals surface area (Å²) in [5, 5.41) is 1.05. The molecule has 21 heavy (non-hydrogen) atoms. The van der Waals surface area contributed by atoms with Crippen LogP contribution in [0.25, 0.3) is 17.0 Å². The van der Waals surface area contributed by atoms with E-state index in [4.69, 9.17) is 9.47 Å². The van der Waals surface area contributed by atoms with Crippen molar-refractivity contribution in [2.45, 2.75) is 20.8 Å². The number of hydrogen-bond acceptors (Lipinski definition) is 4. The molecule has 4 nitrogen and oxygen atoms in total. The summed E-state index contributed by atoms with van der Waals surface area (Å²) in [6.07, 6.45) is 3.05. The van der Waals surface area contributed by atoms with Crippen molar-refractivity contribution in [1.29, 1.82) is 0 Å². The summed E-state index contributed by atoms with van der Waals surface area (Å²) >= 11 is 0. The topological polar surface area (TPSA) is 48.4 Å². The first-order valence-corrected chi connectivity index (χ1v) is 7.03. The van der Waals surface area contributed by atoms with E-state index >= 15 is 0 Å². The summed E-state index contributed by atoms with van der Waals surface area (Å²) in [6.45, 7) is 6.68. The number of aryl methyl sites for hydroxylation is 1. The number of fused-ring (bicyclic) bond motifs is 1. The zero-order valence-electron chi connectivity index (χ0n) is 12.6. The second-order valence-electron chi connectivity index (χ2n) is 4.53. The van der Waals surface area contributed by atoms with Crippen molar-refractivity contribution in [3.8, 4) is 5.75 Å². The highest BCUT2D eigenvalue weighted by Crippen LogP contribution is 2.27. The Balaban J connectivity index is 2.42. The number of hydrogen-bond donors (Lipinski definition) is 0. The lowest BCUT2D eigenvalue weighted by atomic mass is 10.1. The van der Waals surface area contributed by atoms with Gasteiger partial charge < -0.3 is 9.47 Å². The summed E-state index contributed by atoms with van der Waals surface area (Å²) in [6, 6.07) is 7.81. The number of ether oxygens (including phenoxy) is 2. The van der Waals surface area contributed by atoms with E-state index < -0.39 is 0 Å². The van der Waals surface area contributed by atoms with Gasteiger partial charge >= 0.3 is 5.97 Å². The number of carbonyl (C=O) groups excluding carboxylic acids is 1. The fourth-order valence-electron chi connectivity index (χ4n) is 2.12. The van der Waals surface area contributed by atoms with E-state index in [2.05, 4.69) is 4.98 Å². The molecule has 0 bridgehead atoms. The van der Waals surface area contributed by atoms with Crippen molar-refractivity contribution in [2.75, 3.05) is 13.2 Å². The van der Waals surface area contributed by atoms with E-state index in [0.717, 1.165) is 22.2 Å². The van der Waals surface area contributed by atoms with Crippen LogP contribution in [0.15, 0.2) is 30.3 Å². The number of benzene rings is 1. The Morgan fingerprint density at radius 2 is 2.10 bits per heavy atom. The summed E-state index contributed by atoms with van der Waals surface area (Å²) in [5.41, 5.74) is 2.60. The van der Waals surface area contributed by atoms with Crippen LogP contribution >= 0.6 is 0 Å². The van der Waals surface area contributed by atoms with E-state index in [1.165, 1.54) is 6.08 Å². The first-order chi connectivity index (χ1) is 10.2. The molecular formula is C17H19NO3. The second-order valence-corrected chi connectivity index (χ2v) is 4.53. The van der Waals surface area contributed by atoms with Crippen molar-refractivity contribution >= 4 is 22.9 Å². The minimum atomic E-state index is -0.366. The molecule has 2 rings (SSSR count). The Morgan fingerprint density at radius 3 is 2.81 bits per heavy atom. The average Bonchev–Trinajstić information content (AvgIpc) is 2.47. The normalized spacial score (nSPS) is 11.0. The largest absolute Gasteiger partial charge is 0.492 e. The molecule has 0 radical (unpaired) electrons. The third kappa shape index (κ3) is 3.60. The van der Waals surface area contributed by atoms with Crippen molar-refractivity contribution in [1.82, 2.24) is 4.98 Å². The van der Waals surface area contributed by atoms with Gasteiger partial charge in [-0.05, 0) is 44.5 Å². The van der Waals surface area contributed by atoms with Gasteiger partial charge in [-0.3, -0.25) is 0 Å². The lowest BCUT2D eigenvalue weighted by Gasteiger charge is -2.09. The summed E-state index contributed by atoms with van der Waals surface area (Å²) in [5.74, 6) is 0.389. The SMILES string of the molecule is CCOC(=O)/C=C/c1cc(C)c2cccc(OCC)c2n1. The summed E-state index contributed by atoms with van der Waals surface area (Å²) < 4.78 is 10.5. The highest BCUT2D eigenvalue weighted by Gasteiger charge is 2.07. The van der Waals surface area contributed by atoms with Crippen LogP contribution in [-0.4, -0.2) is 24.2 Å². The molecule has 0 aliphatic heterocycles. The number of carbonyl (C=O) groups is 1. The zero-order valence-corrected chi connectivity index (χ0v) is 12.6. The molecule has 1 aromatic carbocycles. The standard InChI is InChI=1S/C17H19NO3/c1-4-20-15-8-6-7-14-12(3)11-13(18-17(14)15)9-10-16(19)21-5-2/h6-11H,4-5H2,1-3H3/b10-9+. The number of esters is 1. The maximum Gasteiger partial charge on any atom is 0.330 e. The molecule has 0 saturated carbocycles. The molecule has 0 saturated heterocycles. The van der Waals surface area contributed by atoms with Gasteiger partial charge in [0.1, 0.15) is 11.3 Å². The number of rotatable bonds is 5. The molecule has 0 atom stereocenters. The van der Waals surface area contributed by atoms with Gasteiger partial charge in [-0.25, -0.2) is 9.78 Å². The van der Waals surface area contributed by atoms with Gasteiger partial charge in [-0.2, -0.15) is 0 Å². The molecule has 0 spiro atoms. The monoisotopic (exact) mass is 285 g/mol. The number of para-hydroxylation sites is 1. The first-order valence-electron chi connectivity index (χ1n) is 7.03. The van der Waals surface area contributed by atoms with Crippen LogP contribution in [0.4, 0.5) is 0 Å². The fraction of sp³-hybridized carbons (Fsp3) is 0.294. The second kappa shape index (κ2) is 6.88. The third-order valence-electron chi connectivity index (χ3n) is 3.01. The van der Waals surface area contributed by atoms with Crippen molar-refractivity contribution < 1.29 is 14.3 Å². The van der Waals surface area contributed by atoms with Crippen LogP contribution < -0.4 is 4.74 Å². The first kappa shape index (κ1) is 15.0. The molecule has 110 valence electrons. The average molecular weight is 285 g/mol. The fourth-order valence-corrected chi connectivity index (χ4v) is 2.12. The van der Waals surface area contributed by atoms with Crippen LogP contribution in [0, 0.1) is 6.92 Å². The zero-order chi connectivity index (χ0) is 15.2. The number of aromatic nitrogens is 1. The molecule has 0 amide bonds. The van der Waals surface area contributed by atoms with Crippen LogP contribution in [-0.2, 0) is 9.53 Å². The highest BCUT2D eigenvalue weighted by molar-refractivity contribution is 5.90. The van der Waals surface area contributed by atoms with Gasteiger partial charge in [0.05, 0.1) is 18.9 Å². The Labute approximate surface area is 124 Å². The van der Waals surface area contributed by atoms with Gasteiger partial charge in [-0.1, -0.05) is 12.1 Å². The van der Waals surface area contributed by atoms with Gasteiger partial charge in [0.2, 0.25) is 0 Å². The Kier molecular flexibility index (Phi) is 4.93. The summed E-state index contributed by atoms with van der Waals surface area (Å²) in [7, 11) is 0. The van der Waals surface area contributed by atoms with Gasteiger partial charge in [-0.15, -0.1) is 0 Å². The third-order valence-corrected chi connectivity index (χ3v) is 3.01. The van der Waals surface area contributed by atoms with Crippen LogP contribution in [0.2, 0.25) is 0 Å². The van der Waals surface area contributed by atoms with Crippen LogP contribution in [0.1, 0.15) is 25.1 Å². The van der Waals surface area contributed by atoms with E-state index in [-0.39, 0.29) is 5.97 Å². The molecule has 1 aromatic heterocycles. The smallest absolute Gasteiger partial charge is 0.330 e. The van der Waals surface area contributed by atoms with E-state index in [1.807, 2.05) is 38.1 Å². The molecule has 0 fully saturated rings. The predicted octanol–water partition coefficient (Wildman–Crippen LogP) is 3.52. The molecular weight excluding hydrogens is 266 g/mol. The van der Waals surface area contributed by atoms with Gasteiger partial charge in [0.25, 0.3) is 0 Å². The molecule has 2 aromatic rings. The van der Waals surface area contributed by atoms with E-state index in [9.17, 15) is 4.79 Å². The number of nitrogens with zero attached hydrogens (tertiary/aromatic N) is 1. The lowest BCUT2D eigenvalue weighted by molar-refractivity contribution is -0.137. The predicted molar refractivity (Wildman–Crippen MR) is 83.3 cm³/mol. The highest BCUT2D eigenvalue weighted by atomic mass is 16.5. The van der Waals surface area contributed by atoms with Crippen LogP contribution in [0.3, 0.4) is 0 Å². The maximum absolute atomic E-state index is 11.4. The molecule has 0 aliphatic carbocycles. The molecule has 0 N–H and O–H groups in total. The molecule has 4 heteroatoms. The molecule has 1 heterocycles. The van der Waals surface area contributed by atoms with Crippen molar-refractivity contribution in [3.63, 3.8) is 0 Å². The Hall–Kier alpha value is -2.36. The Bertz CT molecular complexity index is 677. The lowest BCUT2D eigenvalue weighted by Crippen LogP contribution is -1.99. The van der Waals surface area contributed by atoms with Crippen molar-refractivity contribution in [3.05, 3.63) is 41.6 Å². The minimum absolute atomic E-state index is 0.363. The minimum Gasteiger partial charge on any atom is -0.492 e. The maximum atomic E-state index is 11.4. The van der Waals surface area contributed by atoms with E-state index in [0.29, 0.717) is 18.9 Å². The van der Waals surface area contributed by atoms with Crippen molar-refractivity contribution in [2.24, 2.45) is 0 Å². The molecule has 0 aliphatic rings. The summed E-state index contributed by atoms with van der Waals surface area (Å²) in [4.78, 5) is 15.9. The van der Waals surface area contributed by atoms with Gasteiger partial charge in [0.15, 0.2) is 0 Å².